The van der Waals surface area contributed by atoms with Gasteiger partial charge in [0.1, 0.15) is 5.54 Å². The fourth-order valence-corrected chi connectivity index (χ4v) is 6.54. The number of sulfonamides is 1. The molecule has 4 rings (SSSR count). The van der Waals surface area contributed by atoms with Gasteiger partial charge in [-0.2, -0.15) is 4.31 Å². The summed E-state index contributed by atoms with van der Waals surface area (Å²) in [5, 5.41) is 3.17. The van der Waals surface area contributed by atoms with Crippen molar-refractivity contribution < 1.29 is 18.0 Å². The van der Waals surface area contributed by atoms with Crippen molar-refractivity contribution in [3.63, 3.8) is 0 Å². The normalized spacial score (nSPS) is 22.6. The molecule has 0 unspecified atom stereocenters. The Morgan fingerprint density at radius 1 is 0.914 bits per heavy atom. The average molecular weight is 498 g/mol. The predicted molar refractivity (Wildman–Crippen MR) is 137 cm³/mol. The second-order valence-electron chi connectivity index (χ2n) is 10.1. The van der Waals surface area contributed by atoms with Gasteiger partial charge in [0.2, 0.25) is 21.8 Å². The Morgan fingerprint density at radius 3 is 2.03 bits per heavy atom. The van der Waals surface area contributed by atoms with Crippen LogP contribution in [-0.2, 0) is 19.6 Å². The summed E-state index contributed by atoms with van der Waals surface area (Å²) in [5.41, 5.74) is 1.17. The zero-order chi connectivity index (χ0) is 25.2. The van der Waals surface area contributed by atoms with E-state index in [0.717, 1.165) is 54.0 Å². The van der Waals surface area contributed by atoms with E-state index in [2.05, 4.69) is 5.32 Å². The maximum atomic E-state index is 13.8. The summed E-state index contributed by atoms with van der Waals surface area (Å²) in [4.78, 5) is 29.0. The molecular formula is C27H35N3O4S. The first-order valence-electron chi connectivity index (χ1n) is 12.4. The molecule has 1 atom stereocenters. The number of amides is 2. The highest BCUT2D eigenvalue weighted by Gasteiger charge is 2.51. The second-order valence-corrected chi connectivity index (χ2v) is 12.0. The Hall–Kier alpha value is -2.71. The maximum Gasteiger partial charge on any atom is 0.247 e. The maximum absolute atomic E-state index is 13.8. The Morgan fingerprint density at radius 2 is 1.46 bits per heavy atom. The molecule has 8 heteroatoms. The summed E-state index contributed by atoms with van der Waals surface area (Å²) in [5.74, 6) is -0.739. The zero-order valence-electron chi connectivity index (χ0n) is 20.8. The fourth-order valence-electron chi connectivity index (χ4n) is 5.06. The van der Waals surface area contributed by atoms with Crippen LogP contribution in [0.3, 0.4) is 0 Å². The van der Waals surface area contributed by atoms with Gasteiger partial charge in [0.15, 0.2) is 0 Å². The lowest BCUT2D eigenvalue weighted by molar-refractivity contribution is -0.133. The lowest BCUT2D eigenvalue weighted by atomic mass is 9.93. The fraction of sp³-hybridized carbons (Fsp3) is 0.481. The van der Waals surface area contributed by atoms with Crippen LogP contribution in [0.2, 0.25) is 0 Å². The molecule has 0 aromatic heterocycles. The van der Waals surface area contributed by atoms with Gasteiger partial charge in [0, 0.05) is 18.3 Å². The van der Waals surface area contributed by atoms with Gasteiger partial charge in [-0.25, -0.2) is 8.42 Å². The van der Waals surface area contributed by atoms with Gasteiger partial charge in [-0.15, -0.1) is 0 Å². The van der Waals surface area contributed by atoms with E-state index in [1.807, 2.05) is 38.1 Å². The average Bonchev–Trinajstić information content (AvgIpc) is 3.09. The van der Waals surface area contributed by atoms with Gasteiger partial charge in [-0.05, 0) is 57.9 Å². The Balaban J connectivity index is 1.70. The van der Waals surface area contributed by atoms with Crippen molar-refractivity contribution in [3.8, 4) is 0 Å². The number of hydrogen-bond acceptors (Lipinski definition) is 4. The van der Waals surface area contributed by atoms with Crippen LogP contribution in [0.1, 0.15) is 56.6 Å². The number of rotatable bonds is 5. The van der Waals surface area contributed by atoms with Gasteiger partial charge in [-0.1, -0.05) is 61.1 Å². The van der Waals surface area contributed by atoms with Gasteiger partial charge in [-0.3, -0.25) is 14.5 Å². The number of carbonyl (C=O) groups is 2. The van der Waals surface area contributed by atoms with E-state index >= 15 is 0 Å². The minimum absolute atomic E-state index is 0.0286. The van der Waals surface area contributed by atoms with Crippen LogP contribution in [0.25, 0.3) is 0 Å². The topological polar surface area (TPSA) is 86.8 Å². The molecule has 1 aliphatic heterocycles. The Bertz CT molecular complexity index is 1170. The molecule has 35 heavy (non-hydrogen) atoms. The van der Waals surface area contributed by atoms with Crippen LogP contribution in [0, 0.1) is 13.8 Å². The van der Waals surface area contributed by atoms with E-state index in [0.29, 0.717) is 5.69 Å². The third kappa shape index (κ3) is 5.28. The van der Waals surface area contributed by atoms with Crippen LogP contribution in [0.4, 0.5) is 5.69 Å². The molecule has 1 N–H and O–H groups in total. The predicted octanol–water partition coefficient (Wildman–Crippen LogP) is 3.94. The monoisotopic (exact) mass is 497 g/mol. The van der Waals surface area contributed by atoms with Crippen molar-refractivity contribution in [3.05, 3.63) is 59.7 Å². The lowest BCUT2D eigenvalue weighted by Crippen LogP contribution is -2.70. The molecule has 2 amide bonds. The van der Waals surface area contributed by atoms with Crippen molar-refractivity contribution in [1.82, 2.24) is 9.62 Å². The highest BCUT2D eigenvalue weighted by molar-refractivity contribution is 7.89. The first-order valence-corrected chi connectivity index (χ1v) is 13.8. The van der Waals surface area contributed by atoms with Gasteiger partial charge in [0.05, 0.1) is 11.4 Å². The van der Waals surface area contributed by atoms with E-state index in [-0.39, 0.29) is 29.9 Å². The minimum atomic E-state index is -3.96. The van der Waals surface area contributed by atoms with Crippen molar-refractivity contribution in [2.45, 2.75) is 75.8 Å². The van der Waals surface area contributed by atoms with Crippen molar-refractivity contribution in [1.29, 1.82) is 0 Å². The number of hydrogen-bond donors (Lipinski definition) is 1. The molecule has 1 saturated carbocycles. The van der Waals surface area contributed by atoms with Gasteiger partial charge in [0.25, 0.3) is 0 Å². The quantitative estimate of drug-likeness (QED) is 0.634. The number of aryl methyl sites for hydroxylation is 2. The number of nitrogens with one attached hydrogen (secondary N) is 1. The molecule has 2 aromatic rings. The van der Waals surface area contributed by atoms with Gasteiger partial charge >= 0.3 is 0 Å². The number of carbonyl (C=O) groups excluding carboxylic acids is 2. The van der Waals surface area contributed by atoms with E-state index in [1.165, 1.54) is 4.90 Å². The standard InChI is InChI=1S/C27H35N3O4S/c1-20-10-14-23(15-11-20)30-25(31)18-29(35(33,34)24-16-12-21(2)13-17-24)19-27(30,3)26(32)28-22-8-6-4-5-7-9-22/h10-17,22H,4-9,18-19H2,1-3H3,(H,28,32)/t27-/m1/s1. The van der Waals surface area contributed by atoms with Crippen LogP contribution in [0.5, 0.6) is 0 Å². The minimum Gasteiger partial charge on any atom is -0.351 e. The van der Waals surface area contributed by atoms with E-state index in [1.54, 1.807) is 31.2 Å². The molecule has 0 bridgehead atoms. The molecule has 2 aromatic carbocycles. The van der Waals surface area contributed by atoms with Crippen molar-refractivity contribution in [2.75, 3.05) is 18.0 Å². The summed E-state index contributed by atoms with van der Waals surface area (Å²) in [6, 6.07) is 14.0. The molecule has 0 radical (unpaired) electrons. The van der Waals surface area contributed by atoms with Crippen molar-refractivity contribution in [2.24, 2.45) is 0 Å². The van der Waals surface area contributed by atoms with Crippen LogP contribution < -0.4 is 10.2 Å². The van der Waals surface area contributed by atoms with E-state index < -0.39 is 21.5 Å². The first-order chi connectivity index (χ1) is 16.6. The number of anilines is 1. The van der Waals surface area contributed by atoms with Crippen LogP contribution in [-0.4, -0.2) is 49.2 Å². The highest BCUT2D eigenvalue weighted by atomic mass is 32.2. The van der Waals surface area contributed by atoms with E-state index in [4.69, 9.17) is 0 Å². The second kappa shape index (κ2) is 10.1. The molecule has 1 aliphatic carbocycles. The van der Waals surface area contributed by atoms with Crippen LogP contribution >= 0.6 is 0 Å². The lowest BCUT2D eigenvalue weighted by Gasteiger charge is -2.47. The summed E-state index contributed by atoms with van der Waals surface area (Å²) >= 11 is 0. The molecular weight excluding hydrogens is 462 g/mol. The number of benzene rings is 2. The Kier molecular flexibility index (Phi) is 7.33. The zero-order valence-corrected chi connectivity index (χ0v) is 21.6. The summed E-state index contributed by atoms with van der Waals surface area (Å²) in [6.07, 6.45) is 6.20. The molecule has 188 valence electrons. The van der Waals surface area contributed by atoms with E-state index in [9.17, 15) is 18.0 Å². The number of piperazine rings is 1. The van der Waals surface area contributed by atoms with Crippen molar-refractivity contribution >= 4 is 27.5 Å². The SMILES string of the molecule is Cc1ccc(N2C(=O)CN(S(=O)(=O)c3ccc(C)cc3)C[C@]2(C)C(=O)NC2CCCCCC2)cc1. The summed E-state index contributed by atoms with van der Waals surface area (Å²) in [6.45, 7) is 5.07. The third-order valence-electron chi connectivity index (χ3n) is 7.17. The third-order valence-corrected chi connectivity index (χ3v) is 8.98. The summed E-state index contributed by atoms with van der Waals surface area (Å²) < 4.78 is 28.2. The Labute approximate surface area is 208 Å². The molecule has 0 spiro atoms. The molecule has 7 nitrogen and oxygen atoms in total. The molecule has 1 heterocycles. The molecule has 1 saturated heterocycles. The summed E-state index contributed by atoms with van der Waals surface area (Å²) in [7, 11) is -3.96. The number of nitrogens with zero attached hydrogens (tertiary/aromatic N) is 2. The largest absolute Gasteiger partial charge is 0.351 e. The molecule has 2 aliphatic rings. The van der Waals surface area contributed by atoms with Gasteiger partial charge < -0.3 is 5.32 Å². The van der Waals surface area contributed by atoms with Crippen LogP contribution in [0.15, 0.2) is 53.4 Å². The molecule has 2 fully saturated rings. The first kappa shape index (κ1) is 25.4. The smallest absolute Gasteiger partial charge is 0.247 e. The highest BCUT2D eigenvalue weighted by Crippen LogP contribution is 2.33.